The van der Waals surface area contributed by atoms with Gasteiger partial charge in [-0.2, -0.15) is 0 Å². The van der Waals surface area contributed by atoms with Crippen LogP contribution in [0.5, 0.6) is 0 Å². The molecule has 0 saturated carbocycles. The van der Waals surface area contributed by atoms with Gasteiger partial charge in [0.1, 0.15) is 0 Å². The average Bonchev–Trinajstić information content (AvgIpc) is 2.72. The molecule has 0 spiro atoms. The summed E-state index contributed by atoms with van der Waals surface area (Å²) in [6.45, 7) is 6.83. The predicted molar refractivity (Wildman–Crippen MR) is 105 cm³/mol. The summed E-state index contributed by atoms with van der Waals surface area (Å²) in [7, 11) is 0. The Morgan fingerprint density at radius 2 is 2.11 bits per heavy atom. The van der Waals surface area contributed by atoms with E-state index in [1.807, 2.05) is 43.5 Å². The quantitative estimate of drug-likeness (QED) is 0.745. The Kier molecular flexibility index (Phi) is 7.33. The summed E-state index contributed by atoms with van der Waals surface area (Å²) >= 11 is 0. The van der Waals surface area contributed by atoms with E-state index in [1.165, 1.54) is 0 Å². The van der Waals surface area contributed by atoms with Crippen molar-refractivity contribution in [3.05, 3.63) is 65.5 Å². The first-order valence-corrected chi connectivity index (χ1v) is 9.53. The van der Waals surface area contributed by atoms with Gasteiger partial charge >= 0.3 is 0 Å². The van der Waals surface area contributed by atoms with Gasteiger partial charge in [0.05, 0.1) is 13.2 Å². The number of pyridine rings is 1. The second-order valence-electron chi connectivity index (χ2n) is 6.71. The molecule has 0 radical (unpaired) electrons. The predicted octanol–water partition coefficient (Wildman–Crippen LogP) is 1.88. The van der Waals surface area contributed by atoms with Gasteiger partial charge in [-0.3, -0.25) is 14.7 Å². The van der Waals surface area contributed by atoms with E-state index in [1.54, 1.807) is 6.20 Å². The molecule has 1 aromatic carbocycles. The molecular weight excluding hydrogens is 340 g/mol. The maximum absolute atomic E-state index is 12.5. The van der Waals surface area contributed by atoms with Gasteiger partial charge in [0, 0.05) is 51.2 Å². The number of carbonyl (C=O) groups excluding carboxylic acids is 1. The van der Waals surface area contributed by atoms with Gasteiger partial charge in [-0.15, -0.1) is 0 Å². The second kappa shape index (κ2) is 10.2. The van der Waals surface area contributed by atoms with Gasteiger partial charge in [-0.1, -0.05) is 30.3 Å². The van der Waals surface area contributed by atoms with E-state index in [0.717, 1.165) is 36.3 Å². The molecule has 1 unspecified atom stereocenters. The Balaban J connectivity index is 1.50. The first-order valence-electron chi connectivity index (χ1n) is 9.53. The fourth-order valence-electron chi connectivity index (χ4n) is 3.25. The Hall–Kier alpha value is -2.28. The number of rotatable bonds is 8. The molecule has 27 heavy (non-hydrogen) atoms. The standard InChI is InChI=1S/C21H28N4O2/c1-2-27-16-18-7-5-17(6-8-18)12-24-21(26)15-25-11-10-23-14-20(25)19-4-3-9-22-13-19/h3-9,13,20,23H,2,10-12,14-16H2,1H3,(H,24,26). The van der Waals surface area contributed by atoms with E-state index in [9.17, 15) is 4.79 Å². The van der Waals surface area contributed by atoms with Gasteiger partial charge in [-0.05, 0) is 29.7 Å². The number of hydrogen-bond acceptors (Lipinski definition) is 5. The van der Waals surface area contributed by atoms with Crippen LogP contribution >= 0.6 is 0 Å². The lowest BCUT2D eigenvalue weighted by atomic mass is 10.1. The van der Waals surface area contributed by atoms with Crippen LogP contribution in [-0.2, 0) is 22.7 Å². The molecule has 1 amide bonds. The maximum Gasteiger partial charge on any atom is 0.234 e. The molecule has 1 fully saturated rings. The fourth-order valence-corrected chi connectivity index (χ4v) is 3.25. The number of piperazine rings is 1. The van der Waals surface area contributed by atoms with E-state index in [0.29, 0.717) is 26.3 Å². The Morgan fingerprint density at radius 3 is 2.85 bits per heavy atom. The third kappa shape index (κ3) is 5.85. The van der Waals surface area contributed by atoms with Crippen LogP contribution in [0.25, 0.3) is 0 Å². The third-order valence-corrected chi connectivity index (χ3v) is 4.76. The van der Waals surface area contributed by atoms with Crippen molar-refractivity contribution in [2.45, 2.75) is 26.1 Å². The van der Waals surface area contributed by atoms with E-state index in [-0.39, 0.29) is 11.9 Å². The van der Waals surface area contributed by atoms with Crippen LogP contribution in [0.3, 0.4) is 0 Å². The Morgan fingerprint density at radius 1 is 1.30 bits per heavy atom. The van der Waals surface area contributed by atoms with E-state index in [2.05, 4.69) is 26.6 Å². The van der Waals surface area contributed by atoms with Gasteiger partial charge in [0.25, 0.3) is 0 Å². The summed E-state index contributed by atoms with van der Waals surface area (Å²) in [5.74, 6) is 0.0455. The lowest BCUT2D eigenvalue weighted by Crippen LogP contribution is -2.49. The number of benzene rings is 1. The van der Waals surface area contributed by atoms with E-state index in [4.69, 9.17) is 4.74 Å². The summed E-state index contributed by atoms with van der Waals surface area (Å²) in [6, 6.07) is 12.4. The summed E-state index contributed by atoms with van der Waals surface area (Å²) in [6.07, 6.45) is 3.66. The third-order valence-electron chi connectivity index (χ3n) is 4.76. The number of amides is 1. The molecule has 0 bridgehead atoms. The Labute approximate surface area is 160 Å². The van der Waals surface area contributed by atoms with E-state index < -0.39 is 0 Å². The minimum Gasteiger partial charge on any atom is -0.377 e. The smallest absolute Gasteiger partial charge is 0.234 e. The number of hydrogen-bond donors (Lipinski definition) is 2. The molecule has 6 heteroatoms. The Bertz CT molecular complexity index is 706. The van der Waals surface area contributed by atoms with Crippen LogP contribution in [0.1, 0.15) is 29.7 Å². The molecule has 3 rings (SSSR count). The number of ether oxygens (including phenoxy) is 1. The SMILES string of the molecule is CCOCc1ccc(CNC(=O)CN2CCNCC2c2cccnc2)cc1. The lowest BCUT2D eigenvalue weighted by molar-refractivity contribution is -0.123. The highest BCUT2D eigenvalue weighted by Gasteiger charge is 2.25. The van der Waals surface area contributed by atoms with Crippen molar-refractivity contribution in [3.8, 4) is 0 Å². The lowest BCUT2D eigenvalue weighted by Gasteiger charge is -2.35. The van der Waals surface area contributed by atoms with E-state index >= 15 is 0 Å². The first-order chi connectivity index (χ1) is 13.3. The highest BCUT2D eigenvalue weighted by Crippen LogP contribution is 2.20. The van der Waals surface area contributed by atoms with Crippen LogP contribution in [0.4, 0.5) is 0 Å². The zero-order valence-corrected chi connectivity index (χ0v) is 15.9. The summed E-state index contributed by atoms with van der Waals surface area (Å²) < 4.78 is 5.40. The van der Waals surface area contributed by atoms with Crippen molar-refractivity contribution in [1.29, 1.82) is 0 Å². The second-order valence-corrected chi connectivity index (χ2v) is 6.71. The number of carbonyl (C=O) groups is 1. The summed E-state index contributed by atoms with van der Waals surface area (Å²) in [4.78, 5) is 18.9. The molecule has 1 aromatic heterocycles. The minimum atomic E-state index is 0.0455. The molecule has 2 N–H and O–H groups in total. The zero-order valence-electron chi connectivity index (χ0n) is 15.9. The van der Waals surface area contributed by atoms with Crippen LogP contribution in [0.15, 0.2) is 48.8 Å². The van der Waals surface area contributed by atoms with Gasteiger partial charge in [0.2, 0.25) is 5.91 Å². The molecule has 1 saturated heterocycles. The van der Waals surface area contributed by atoms with Crippen molar-refractivity contribution in [2.75, 3.05) is 32.8 Å². The molecule has 2 aromatic rings. The molecule has 1 aliphatic heterocycles. The highest BCUT2D eigenvalue weighted by molar-refractivity contribution is 5.78. The summed E-state index contributed by atoms with van der Waals surface area (Å²) in [5, 5.41) is 6.44. The molecule has 144 valence electrons. The molecule has 1 atom stereocenters. The zero-order chi connectivity index (χ0) is 18.9. The fraction of sp³-hybridized carbons (Fsp3) is 0.429. The highest BCUT2D eigenvalue weighted by atomic mass is 16.5. The normalized spacial score (nSPS) is 17.6. The molecule has 0 aliphatic carbocycles. The topological polar surface area (TPSA) is 66.5 Å². The average molecular weight is 368 g/mol. The largest absolute Gasteiger partial charge is 0.377 e. The maximum atomic E-state index is 12.5. The summed E-state index contributed by atoms with van der Waals surface area (Å²) in [5.41, 5.74) is 3.38. The van der Waals surface area contributed by atoms with Gasteiger partial charge < -0.3 is 15.4 Å². The molecular formula is C21H28N4O2. The number of aromatic nitrogens is 1. The van der Waals surface area contributed by atoms with Crippen LogP contribution in [-0.4, -0.2) is 48.6 Å². The van der Waals surface area contributed by atoms with Crippen LogP contribution in [0.2, 0.25) is 0 Å². The van der Waals surface area contributed by atoms with Crippen molar-refractivity contribution in [2.24, 2.45) is 0 Å². The minimum absolute atomic E-state index is 0.0455. The molecule has 2 heterocycles. The molecule has 1 aliphatic rings. The van der Waals surface area contributed by atoms with Crippen molar-refractivity contribution < 1.29 is 9.53 Å². The first kappa shape index (κ1) is 19.5. The number of nitrogens with one attached hydrogen (secondary N) is 2. The van der Waals surface area contributed by atoms with Crippen LogP contribution in [0, 0.1) is 0 Å². The molecule has 6 nitrogen and oxygen atoms in total. The number of nitrogens with zero attached hydrogens (tertiary/aromatic N) is 2. The van der Waals surface area contributed by atoms with Crippen molar-refractivity contribution in [1.82, 2.24) is 20.5 Å². The monoisotopic (exact) mass is 368 g/mol. The van der Waals surface area contributed by atoms with Crippen molar-refractivity contribution in [3.63, 3.8) is 0 Å². The van der Waals surface area contributed by atoms with Gasteiger partial charge in [0.15, 0.2) is 0 Å². The van der Waals surface area contributed by atoms with Crippen LogP contribution < -0.4 is 10.6 Å². The van der Waals surface area contributed by atoms with Gasteiger partial charge in [-0.25, -0.2) is 0 Å². The van der Waals surface area contributed by atoms with Crippen molar-refractivity contribution >= 4 is 5.91 Å².